The van der Waals surface area contributed by atoms with E-state index in [0.29, 0.717) is 13.0 Å². The van der Waals surface area contributed by atoms with Gasteiger partial charge in [0.2, 0.25) is 5.91 Å². The van der Waals surface area contributed by atoms with E-state index in [2.05, 4.69) is 41.4 Å². The quantitative estimate of drug-likeness (QED) is 0.861. The largest absolute Gasteiger partial charge is 0.369 e. The Balaban J connectivity index is 1.99. The summed E-state index contributed by atoms with van der Waals surface area (Å²) in [4.78, 5) is 22.6. The Kier molecular flexibility index (Phi) is 5.12. The number of hydrogen-bond donors (Lipinski definition) is 2. The van der Waals surface area contributed by atoms with Gasteiger partial charge in [-0.2, -0.15) is 0 Å². The van der Waals surface area contributed by atoms with Crippen LogP contribution in [0.1, 0.15) is 37.1 Å². The van der Waals surface area contributed by atoms with Crippen molar-refractivity contribution in [3.8, 4) is 0 Å². The van der Waals surface area contributed by atoms with E-state index >= 15 is 0 Å². The molecule has 0 aromatic carbocycles. The lowest BCUT2D eigenvalue weighted by molar-refractivity contribution is -0.121. The number of nitrogens with zero attached hydrogens (tertiary/aromatic N) is 2. The van der Waals surface area contributed by atoms with Crippen molar-refractivity contribution in [2.75, 3.05) is 11.9 Å². The van der Waals surface area contributed by atoms with E-state index < -0.39 is 0 Å². The smallest absolute Gasteiger partial charge is 0.221 e. The zero-order valence-electron chi connectivity index (χ0n) is 13.0. The minimum Gasteiger partial charge on any atom is -0.369 e. The molecule has 0 radical (unpaired) electrons. The molecular weight excluding hydrogens is 284 g/mol. The Morgan fingerprint density at radius 1 is 1.38 bits per heavy atom. The highest BCUT2D eigenvalue weighted by atomic mass is 32.1. The number of amides is 1. The van der Waals surface area contributed by atoms with Gasteiger partial charge >= 0.3 is 0 Å². The number of fused-ring (bicyclic) bond motifs is 1. The number of hydrogen-bond acceptors (Lipinski definition) is 5. The number of aromatic nitrogens is 2. The maximum Gasteiger partial charge on any atom is 0.221 e. The third-order valence-corrected chi connectivity index (χ3v) is 4.74. The topological polar surface area (TPSA) is 66.9 Å². The van der Waals surface area contributed by atoms with Crippen LogP contribution in [0.25, 0.3) is 10.2 Å². The van der Waals surface area contributed by atoms with Gasteiger partial charge in [0.1, 0.15) is 17.0 Å². The number of carbonyl (C=O) groups excluding carboxylic acids is 1. The minimum atomic E-state index is 0.0698. The van der Waals surface area contributed by atoms with Gasteiger partial charge in [0, 0.05) is 23.9 Å². The van der Waals surface area contributed by atoms with Gasteiger partial charge in [-0.1, -0.05) is 6.92 Å². The molecule has 0 fully saturated rings. The first-order valence-electron chi connectivity index (χ1n) is 7.26. The molecule has 0 aliphatic rings. The molecule has 2 N–H and O–H groups in total. The summed E-state index contributed by atoms with van der Waals surface area (Å²) in [5, 5.41) is 7.29. The second-order valence-corrected chi connectivity index (χ2v) is 6.44. The van der Waals surface area contributed by atoms with Gasteiger partial charge in [0.05, 0.1) is 5.39 Å². The second kappa shape index (κ2) is 6.85. The predicted octanol–water partition coefficient (Wildman–Crippen LogP) is 3.02. The van der Waals surface area contributed by atoms with Crippen molar-refractivity contribution >= 4 is 33.3 Å². The third-order valence-electron chi connectivity index (χ3n) is 3.63. The van der Waals surface area contributed by atoms with Crippen molar-refractivity contribution in [3.63, 3.8) is 0 Å². The van der Waals surface area contributed by atoms with Crippen molar-refractivity contribution in [3.05, 3.63) is 16.8 Å². The fourth-order valence-electron chi connectivity index (χ4n) is 2.06. The Labute approximate surface area is 129 Å². The molecule has 0 bridgehead atoms. The predicted molar refractivity (Wildman–Crippen MR) is 87.9 cm³/mol. The molecule has 0 spiro atoms. The van der Waals surface area contributed by atoms with Crippen LogP contribution in [-0.4, -0.2) is 28.5 Å². The number of nitrogens with one attached hydrogen (secondary N) is 2. The molecule has 2 aromatic heterocycles. The fraction of sp³-hybridized carbons (Fsp3) is 0.533. The van der Waals surface area contributed by atoms with Crippen molar-refractivity contribution in [2.45, 2.75) is 46.6 Å². The molecule has 0 aliphatic carbocycles. The standard InChI is InChI=1S/C15H22N4OS/c1-5-9(2)19-12(20)6-7-16-14-13-10(3)11(4)21-15(13)18-8-17-14/h8-9H,5-7H2,1-4H3,(H,19,20)(H,16,17,18). The molecule has 0 saturated heterocycles. The molecular formula is C15H22N4OS. The van der Waals surface area contributed by atoms with Gasteiger partial charge in [-0.05, 0) is 32.8 Å². The molecule has 1 amide bonds. The Bertz CT molecular complexity index is 638. The normalized spacial score (nSPS) is 12.4. The molecule has 2 aromatic rings. The number of rotatable bonds is 6. The highest BCUT2D eigenvalue weighted by Crippen LogP contribution is 2.32. The van der Waals surface area contributed by atoms with Crippen LogP contribution in [0.5, 0.6) is 0 Å². The molecule has 1 atom stereocenters. The Morgan fingerprint density at radius 2 is 2.14 bits per heavy atom. The summed E-state index contributed by atoms with van der Waals surface area (Å²) in [6.45, 7) is 8.81. The van der Waals surface area contributed by atoms with Crippen molar-refractivity contribution in [2.24, 2.45) is 0 Å². The van der Waals surface area contributed by atoms with Crippen LogP contribution in [0.2, 0.25) is 0 Å². The molecule has 21 heavy (non-hydrogen) atoms. The van der Waals surface area contributed by atoms with Crippen LogP contribution in [0.15, 0.2) is 6.33 Å². The number of thiophene rings is 1. The average molecular weight is 306 g/mol. The van der Waals surface area contributed by atoms with Crippen LogP contribution in [0, 0.1) is 13.8 Å². The number of aryl methyl sites for hydroxylation is 2. The van der Waals surface area contributed by atoms with Gasteiger partial charge in [-0.15, -0.1) is 11.3 Å². The van der Waals surface area contributed by atoms with E-state index in [1.807, 2.05) is 6.92 Å². The molecule has 2 rings (SSSR count). The monoisotopic (exact) mass is 306 g/mol. The zero-order valence-corrected chi connectivity index (χ0v) is 13.8. The average Bonchev–Trinajstić information content (AvgIpc) is 2.75. The van der Waals surface area contributed by atoms with Gasteiger partial charge in [-0.3, -0.25) is 4.79 Å². The van der Waals surface area contributed by atoms with E-state index in [-0.39, 0.29) is 11.9 Å². The van der Waals surface area contributed by atoms with Gasteiger partial charge in [-0.25, -0.2) is 9.97 Å². The zero-order chi connectivity index (χ0) is 15.4. The second-order valence-electron chi connectivity index (χ2n) is 5.24. The van der Waals surface area contributed by atoms with Crippen molar-refractivity contribution in [1.29, 1.82) is 0 Å². The van der Waals surface area contributed by atoms with E-state index in [9.17, 15) is 4.79 Å². The van der Waals surface area contributed by atoms with Gasteiger partial charge in [0.15, 0.2) is 0 Å². The lowest BCUT2D eigenvalue weighted by Crippen LogP contribution is -2.33. The minimum absolute atomic E-state index is 0.0698. The van der Waals surface area contributed by atoms with E-state index in [0.717, 1.165) is 22.5 Å². The fourth-order valence-corrected chi connectivity index (χ4v) is 3.06. The van der Waals surface area contributed by atoms with E-state index in [1.165, 1.54) is 10.4 Å². The van der Waals surface area contributed by atoms with Crippen LogP contribution in [0.3, 0.4) is 0 Å². The maximum atomic E-state index is 11.8. The van der Waals surface area contributed by atoms with Gasteiger partial charge < -0.3 is 10.6 Å². The summed E-state index contributed by atoms with van der Waals surface area (Å²) in [6, 6.07) is 0.227. The summed E-state index contributed by atoms with van der Waals surface area (Å²) < 4.78 is 0. The highest BCUT2D eigenvalue weighted by Gasteiger charge is 2.12. The lowest BCUT2D eigenvalue weighted by atomic mass is 10.2. The summed E-state index contributed by atoms with van der Waals surface area (Å²) >= 11 is 1.67. The summed E-state index contributed by atoms with van der Waals surface area (Å²) in [5.74, 6) is 0.888. The van der Waals surface area contributed by atoms with Crippen molar-refractivity contribution < 1.29 is 4.79 Å². The molecule has 5 nitrogen and oxygen atoms in total. The summed E-state index contributed by atoms with van der Waals surface area (Å²) in [6.07, 6.45) is 2.95. The molecule has 1 unspecified atom stereocenters. The Morgan fingerprint density at radius 3 is 2.86 bits per heavy atom. The Hall–Kier alpha value is -1.69. The molecule has 6 heteroatoms. The number of carbonyl (C=O) groups is 1. The summed E-state index contributed by atoms with van der Waals surface area (Å²) in [5.41, 5.74) is 1.21. The first-order valence-corrected chi connectivity index (χ1v) is 8.08. The van der Waals surface area contributed by atoms with Crippen LogP contribution in [0.4, 0.5) is 5.82 Å². The molecule has 0 saturated carbocycles. The molecule has 114 valence electrons. The maximum absolute atomic E-state index is 11.8. The van der Waals surface area contributed by atoms with Crippen LogP contribution < -0.4 is 10.6 Å². The molecule has 2 heterocycles. The first-order chi connectivity index (χ1) is 10.0. The van der Waals surface area contributed by atoms with Crippen molar-refractivity contribution in [1.82, 2.24) is 15.3 Å². The van der Waals surface area contributed by atoms with Crippen LogP contribution in [-0.2, 0) is 4.79 Å². The SMILES string of the molecule is CCC(C)NC(=O)CCNc1ncnc2sc(C)c(C)c12. The third kappa shape index (κ3) is 3.69. The first kappa shape index (κ1) is 15.7. The summed E-state index contributed by atoms with van der Waals surface area (Å²) in [7, 11) is 0. The lowest BCUT2D eigenvalue weighted by Gasteiger charge is -2.12. The van der Waals surface area contributed by atoms with E-state index in [4.69, 9.17) is 0 Å². The number of anilines is 1. The highest BCUT2D eigenvalue weighted by molar-refractivity contribution is 7.18. The van der Waals surface area contributed by atoms with E-state index in [1.54, 1.807) is 17.7 Å². The van der Waals surface area contributed by atoms with Crippen LogP contribution >= 0.6 is 11.3 Å². The van der Waals surface area contributed by atoms with Gasteiger partial charge in [0.25, 0.3) is 0 Å². The molecule has 0 aliphatic heterocycles.